The summed E-state index contributed by atoms with van der Waals surface area (Å²) in [6.07, 6.45) is 7.67. The van der Waals surface area contributed by atoms with Crippen molar-refractivity contribution in [1.82, 2.24) is 0 Å². The molecule has 0 bridgehead atoms. The summed E-state index contributed by atoms with van der Waals surface area (Å²) in [7, 11) is 0. The van der Waals surface area contributed by atoms with E-state index in [1.807, 2.05) is 13.8 Å². The van der Waals surface area contributed by atoms with Gasteiger partial charge in [0.2, 0.25) is 0 Å². The van der Waals surface area contributed by atoms with E-state index in [2.05, 4.69) is 6.92 Å². The Labute approximate surface area is 235 Å². The molecule has 13 atom stereocenters. The number of esters is 1. The van der Waals surface area contributed by atoms with Crippen molar-refractivity contribution in [1.29, 1.82) is 0 Å². The Morgan fingerprint density at radius 3 is 2.55 bits per heavy atom. The fraction of sp³-hybridized carbons (Fsp3) is 0.871. The normalized spacial score (nSPS) is 55.5. The lowest BCUT2D eigenvalue weighted by atomic mass is 9.41. The molecule has 40 heavy (non-hydrogen) atoms. The van der Waals surface area contributed by atoms with Crippen molar-refractivity contribution in [2.75, 3.05) is 6.61 Å². The third-order valence-electron chi connectivity index (χ3n) is 12.5. The van der Waals surface area contributed by atoms with E-state index in [0.717, 1.165) is 31.1 Å². The molecule has 7 aliphatic rings. The Hall–Kier alpha value is -1.36. The minimum atomic E-state index is -1.18. The number of fused-ring (bicyclic) bond motifs is 6. The first-order valence-corrected chi connectivity index (χ1v) is 15.4. The van der Waals surface area contributed by atoms with Crippen molar-refractivity contribution < 1.29 is 43.5 Å². The van der Waals surface area contributed by atoms with E-state index >= 15 is 0 Å². The van der Waals surface area contributed by atoms with Crippen LogP contribution in [0.4, 0.5) is 0 Å². The predicted molar refractivity (Wildman–Crippen MR) is 141 cm³/mol. The van der Waals surface area contributed by atoms with Gasteiger partial charge in [0.05, 0.1) is 34.9 Å². The van der Waals surface area contributed by atoms with Gasteiger partial charge in [-0.1, -0.05) is 6.92 Å². The lowest BCUT2D eigenvalue weighted by Crippen LogP contribution is -2.69. The zero-order valence-electron chi connectivity index (χ0n) is 23.9. The average Bonchev–Trinajstić information content (AvgIpc) is 3.58. The summed E-state index contributed by atoms with van der Waals surface area (Å²) in [6.45, 7) is 6.35. The number of hydrogen-bond donors (Lipinski definition) is 2. The monoisotopic (exact) mass is 560 g/mol. The van der Waals surface area contributed by atoms with Crippen molar-refractivity contribution >= 4 is 12.3 Å². The lowest BCUT2D eigenvalue weighted by molar-refractivity contribution is -0.278. The number of ether oxygens (including phenoxy) is 5. The first-order valence-electron chi connectivity index (χ1n) is 15.4. The molecule has 0 aromatic heterocycles. The average molecular weight is 561 g/mol. The van der Waals surface area contributed by atoms with E-state index in [4.69, 9.17) is 23.7 Å². The maximum Gasteiger partial charge on any atom is 0.331 e. The highest BCUT2D eigenvalue weighted by Gasteiger charge is 2.71. The van der Waals surface area contributed by atoms with Gasteiger partial charge >= 0.3 is 5.97 Å². The number of aliphatic hydroxyl groups is 2. The van der Waals surface area contributed by atoms with Gasteiger partial charge in [0.1, 0.15) is 19.0 Å². The Morgan fingerprint density at radius 1 is 1.00 bits per heavy atom. The summed E-state index contributed by atoms with van der Waals surface area (Å²) in [5.74, 6) is -0.361. The fourth-order valence-corrected chi connectivity index (χ4v) is 10.6. The van der Waals surface area contributed by atoms with Gasteiger partial charge in [-0.25, -0.2) is 4.79 Å². The fourth-order valence-electron chi connectivity index (χ4n) is 10.6. The van der Waals surface area contributed by atoms with Crippen LogP contribution in [0.25, 0.3) is 0 Å². The minimum Gasteiger partial charge on any atom is -0.458 e. The molecule has 0 spiro atoms. The Morgan fingerprint density at radius 2 is 1.80 bits per heavy atom. The molecule has 4 aliphatic carbocycles. The summed E-state index contributed by atoms with van der Waals surface area (Å²) in [6, 6.07) is 0. The van der Waals surface area contributed by atoms with Crippen molar-refractivity contribution in [3.05, 3.63) is 11.6 Å². The van der Waals surface area contributed by atoms with Crippen LogP contribution in [0.1, 0.15) is 85.0 Å². The zero-order valence-corrected chi connectivity index (χ0v) is 23.9. The Bertz CT molecular complexity index is 1090. The van der Waals surface area contributed by atoms with E-state index in [9.17, 15) is 19.8 Å². The summed E-state index contributed by atoms with van der Waals surface area (Å²) in [4.78, 5) is 24.9. The molecule has 0 amide bonds. The molecule has 0 radical (unpaired) electrons. The molecule has 3 aliphatic heterocycles. The van der Waals surface area contributed by atoms with Gasteiger partial charge in [-0.2, -0.15) is 0 Å². The number of carbonyl (C=O) groups excluding carboxylic acids is 2. The standard InChI is InChI=1S/C31H44O9/c1-17-27-24(38-18(2)39-27)13-26(37-17)40-20-4-9-29(16-32)22-5-8-28(3)21(19-12-25(33)36-15-19)7-11-31(28,35)23(22)6-10-30(29,34)14-20/h12,16-18,20-24,26-27,34-35H,4-11,13-15H2,1-3H3/t17-,18-,20+,21-,22+,23-,24-,26+,27+,28-,29+,30+,31+/m1/s1. The first kappa shape index (κ1) is 27.5. The van der Waals surface area contributed by atoms with E-state index in [-0.39, 0.29) is 59.8 Å². The molecule has 4 saturated carbocycles. The smallest absolute Gasteiger partial charge is 0.331 e. The van der Waals surface area contributed by atoms with Crippen molar-refractivity contribution in [3.63, 3.8) is 0 Å². The molecule has 6 fully saturated rings. The summed E-state index contributed by atoms with van der Waals surface area (Å²) < 4.78 is 29.6. The molecule has 7 rings (SSSR count). The number of aldehydes is 1. The van der Waals surface area contributed by atoms with E-state index in [1.54, 1.807) is 6.08 Å². The largest absolute Gasteiger partial charge is 0.458 e. The quantitative estimate of drug-likeness (QED) is 0.303. The van der Waals surface area contributed by atoms with Crippen LogP contribution in [-0.4, -0.2) is 77.3 Å². The molecule has 0 unspecified atom stereocenters. The molecular weight excluding hydrogens is 516 g/mol. The van der Waals surface area contributed by atoms with E-state index < -0.39 is 22.9 Å². The molecule has 2 N–H and O–H groups in total. The third kappa shape index (κ3) is 3.73. The van der Waals surface area contributed by atoms with Gasteiger partial charge in [0, 0.05) is 24.3 Å². The van der Waals surface area contributed by atoms with Gasteiger partial charge in [0.15, 0.2) is 12.6 Å². The van der Waals surface area contributed by atoms with Crippen LogP contribution >= 0.6 is 0 Å². The second-order valence-electron chi connectivity index (χ2n) is 14.1. The SMILES string of the molecule is C[C@H]1O[C@H]2[C@@H](C)O[C@@H](O[C@H]3CC[C@]4(C=O)[C@H]5CC[C@]6(C)[C@@H](C7=CC(=O)OC7)CC[C@]6(O)[C@@H]5CC[C@]4(O)C3)C[C@H]2O1. The van der Waals surface area contributed by atoms with Gasteiger partial charge in [0.25, 0.3) is 0 Å². The highest BCUT2D eigenvalue weighted by molar-refractivity contribution is 5.85. The van der Waals surface area contributed by atoms with Gasteiger partial charge in [-0.15, -0.1) is 0 Å². The number of hydrogen-bond acceptors (Lipinski definition) is 9. The second kappa shape index (κ2) is 9.32. The molecule has 0 aromatic rings. The molecular formula is C31H44O9. The second-order valence-corrected chi connectivity index (χ2v) is 14.1. The maximum atomic E-state index is 13.1. The van der Waals surface area contributed by atoms with Crippen molar-refractivity contribution in [2.24, 2.45) is 28.6 Å². The van der Waals surface area contributed by atoms with Crippen LogP contribution in [0.3, 0.4) is 0 Å². The first-order chi connectivity index (χ1) is 19.0. The molecule has 222 valence electrons. The zero-order chi connectivity index (χ0) is 28.1. The van der Waals surface area contributed by atoms with Crippen LogP contribution in [0.15, 0.2) is 11.6 Å². The third-order valence-corrected chi connectivity index (χ3v) is 12.5. The van der Waals surface area contributed by atoms with Gasteiger partial charge in [-0.3, -0.25) is 0 Å². The predicted octanol–water partition coefficient (Wildman–Crippen LogP) is 3.19. The topological polar surface area (TPSA) is 121 Å². The minimum absolute atomic E-state index is 0.0706. The van der Waals surface area contributed by atoms with E-state index in [0.29, 0.717) is 51.6 Å². The molecule has 0 aromatic carbocycles. The maximum absolute atomic E-state index is 13.1. The number of carbonyl (C=O) groups is 2. The number of rotatable bonds is 4. The summed E-state index contributed by atoms with van der Waals surface area (Å²) >= 11 is 0. The van der Waals surface area contributed by atoms with Crippen LogP contribution in [-0.2, 0) is 33.3 Å². The summed E-state index contributed by atoms with van der Waals surface area (Å²) in [5.41, 5.74) is -2.42. The Balaban J connectivity index is 1.09. The van der Waals surface area contributed by atoms with Crippen LogP contribution in [0.5, 0.6) is 0 Å². The Kier molecular flexibility index (Phi) is 6.40. The highest BCUT2D eigenvalue weighted by Crippen LogP contribution is 2.70. The van der Waals surface area contributed by atoms with Crippen LogP contribution < -0.4 is 0 Å². The summed E-state index contributed by atoms with van der Waals surface area (Å²) in [5, 5.41) is 24.6. The highest BCUT2D eigenvalue weighted by atomic mass is 16.8. The van der Waals surface area contributed by atoms with E-state index in [1.165, 1.54) is 0 Å². The van der Waals surface area contributed by atoms with Gasteiger partial charge < -0.3 is 38.7 Å². The molecule has 9 heteroatoms. The van der Waals surface area contributed by atoms with Crippen molar-refractivity contribution in [3.8, 4) is 0 Å². The lowest BCUT2D eigenvalue weighted by Gasteiger charge is -2.65. The van der Waals surface area contributed by atoms with Gasteiger partial charge in [-0.05, 0) is 88.5 Å². The number of cyclic esters (lactones) is 1. The molecule has 3 heterocycles. The van der Waals surface area contributed by atoms with Crippen LogP contribution in [0.2, 0.25) is 0 Å². The molecule has 2 saturated heterocycles. The van der Waals surface area contributed by atoms with Crippen LogP contribution in [0, 0.1) is 28.6 Å². The molecule has 9 nitrogen and oxygen atoms in total. The van der Waals surface area contributed by atoms with Crippen molar-refractivity contribution in [2.45, 2.75) is 133 Å².